The Morgan fingerprint density at radius 2 is 1.85 bits per heavy atom. The molecular formula is C16H17NO3. The highest BCUT2D eigenvalue weighted by atomic mass is 16.4. The van der Waals surface area contributed by atoms with E-state index in [-0.39, 0.29) is 11.7 Å². The molecule has 1 aromatic carbocycles. The third-order valence-electron chi connectivity index (χ3n) is 4.19. The van der Waals surface area contributed by atoms with Crippen molar-refractivity contribution in [1.82, 2.24) is 4.98 Å². The molecule has 0 radical (unpaired) electrons. The molecule has 1 fully saturated rings. The monoisotopic (exact) mass is 271 g/mol. The highest BCUT2D eigenvalue weighted by molar-refractivity contribution is 5.80. The number of rotatable bonds is 2. The number of aromatic hydroxyl groups is 1. The van der Waals surface area contributed by atoms with Crippen molar-refractivity contribution < 1.29 is 15.0 Å². The van der Waals surface area contributed by atoms with Crippen LogP contribution in [0.2, 0.25) is 0 Å². The normalized spacial score (nSPS) is 22.8. The first kappa shape index (κ1) is 12.9. The van der Waals surface area contributed by atoms with Gasteiger partial charge < -0.3 is 10.2 Å². The number of phenolic OH excluding ortho intramolecular Hbond substituents is 1. The minimum Gasteiger partial charge on any atom is -0.508 e. The third kappa shape index (κ3) is 2.46. The number of aliphatic carboxylic acids is 1. The Balaban J connectivity index is 1.81. The molecule has 3 rings (SSSR count). The van der Waals surface area contributed by atoms with Gasteiger partial charge in [-0.1, -0.05) is 6.07 Å². The lowest BCUT2D eigenvalue weighted by Gasteiger charge is -2.25. The summed E-state index contributed by atoms with van der Waals surface area (Å²) in [6, 6.07) is 9.12. The van der Waals surface area contributed by atoms with Crippen LogP contribution in [-0.2, 0) is 4.79 Å². The number of carboxylic acids is 1. The first-order chi connectivity index (χ1) is 9.63. The van der Waals surface area contributed by atoms with E-state index in [0.29, 0.717) is 5.92 Å². The van der Waals surface area contributed by atoms with Gasteiger partial charge in [0, 0.05) is 17.0 Å². The lowest BCUT2D eigenvalue weighted by molar-refractivity contribution is -0.142. The van der Waals surface area contributed by atoms with Crippen molar-refractivity contribution in [3.05, 3.63) is 36.0 Å². The zero-order valence-corrected chi connectivity index (χ0v) is 11.1. The molecule has 1 aliphatic rings. The van der Waals surface area contributed by atoms with Crippen LogP contribution in [0.15, 0.2) is 30.3 Å². The van der Waals surface area contributed by atoms with E-state index in [1.54, 1.807) is 12.1 Å². The van der Waals surface area contributed by atoms with Crippen LogP contribution in [0, 0.1) is 5.92 Å². The fourth-order valence-corrected chi connectivity index (χ4v) is 2.99. The van der Waals surface area contributed by atoms with Crippen LogP contribution in [0.25, 0.3) is 10.9 Å². The van der Waals surface area contributed by atoms with Gasteiger partial charge in [-0.25, -0.2) is 0 Å². The van der Waals surface area contributed by atoms with E-state index in [0.717, 1.165) is 42.3 Å². The van der Waals surface area contributed by atoms with E-state index in [2.05, 4.69) is 4.98 Å². The van der Waals surface area contributed by atoms with Crippen molar-refractivity contribution in [2.75, 3.05) is 0 Å². The van der Waals surface area contributed by atoms with E-state index in [1.807, 2.05) is 18.2 Å². The molecule has 0 bridgehead atoms. The molecule has 4 nitrogen and oxygen atoms in total. The van der Waals surface area contributed by atoms with Gasteiger partial charge in [-0.2, -0.15) is 0 Å². The molecule has 104 valence electrons. The largest absolute Gasteiger partial charge is 0.508 e. The van der Waals surface area contributed by atoms with E-state index in [4.69, 9.17) is 5.11 Å². The Morgan fingerprint density at radius 1 is 1.10 bits per heavy atom. The number of benzene rings is 1. The van der Waals surface area contributed by atoms with Crippen molar-refractivity contribution in [3.63, 3.8) is 0 Å². The molecule has 20 heavy (non-hydrogen) atoms. The minimum atomic E-state index is -0.676. The van der Waals surface area contributed by atoms with Crippen molar-refractivity contribution in [2.24, 2.45) is 5.92 Å². The van der Waals surface area contributed by atoms with Crippen molar-refractivity contribution in [2.45, 2.75) is 31.6 Å². The van der Waals surface area contributed by atoms with Gasteiger partial charge in [-0.3, -0.25) is 9.78 Å². The van der Waals surface area contributed by atoms with Gasteiger partial charge in [-0.05, 0) is 49.9 Å². The number of hydrogen-bond donors (Lipinski definition) is 2. The van der Waals surface area contributed by atoms with Crippen LogP contribution in [0.4, 0.5) is 0 Å². The molecule has 0 amide bonds. The molecule has 2 N–H and O–H groups in total. The number of fused-ring (bicyclic) bond motifs is 1. The van der Waals surface area contributed by atoms with Crippen LogP contribution in [0.3, 0.4) is 0 Å². The summed E-state index contributed by atoms with van der Waals surface area (Å²) < 4.78 is 0. The van der Waals surface area contributed by atoms with Crippen LogP contribution in [0.5, 0.6) is 5.75 Å². The summed E-state index contributed by atoms with van der Waals surface area (Å²) in [6.45, 7) is 0. The zero-order valence-electron chi connectivity index (χ0n) is 11.1. The molecule has 0 atom stereocenters. The van der Waals surface area contributed by atoms with Gasteiger partial charge in [0.15, 0.2) is 0 Å². The van der Waals surface area contributed by atoms with Crippen molar-refractivity contribution in [1.29, 1.82) is 0 Å². The van der Waals surface area contributed by atoms with Crippen LogP contribution in [-0.4, -0.2) is 21.2 Å². The summed E-state index contributed by atoms with van der Waals surface area (Å²) in [5.41, 5.74) is 1.91. The van der Waals surface area contributed by atoms with Crippen LogP contribution >= 0.6 is 0 Å². The summed E-state index contributed by atoms with van der Waals surface area (Å²) in [5.74, 6) is -0.271. The van der Waals surface area contributed by atoms with Gasteiger partial charge in [0.2, 0.25) is 0 Å². The second kappa shape index (κ2) is 5.12. The van der Waals surface area contributed by atoms with E-state index < -0.39 is 5.97 Å². The first-order valence-corrected chi connectivity index (χ1v) is 6.96. The quantitative estimate of drug-likeness (QED) is 0.879. The predicted molar refractivity (Wildman–Crippen MR) is 75.7 cm³/mol. The number of aromatic nitrogens is 1. The summed E-state index contributed by atoms with van der Waals surface area (Å²) in [6.07, 6.45) is 3.23. The highest BCUT2D eigenvalue weighted by Crippen LogP contribution is 2.35. The number of carbonyl (C=O) groups is 1. The fraction of sp³-hybridized carbons (Fsp3) is 0.375. The van der Waals surface area contributed by atoms with E-state index in [1.165, 1.54) is 0 Å². The molecule has 0 spiro atoms. The van der Waals surface area contributed by atoms with E-state index in [9.17, 15) is 9.90 Å². The molecule has 0 saturated heterocycles. The number of hydrogen-bond acceptors (Lipinski definition) is 3. The minimum absolute atomic E-state index is 0.191. The van der Waals surface area contributed by atoms with Crippen LogP contribution < -0.4 is 0 Å². The van der Waals surface area contributed by atoms with E-state index >= 15 is 0 Å². The second-order valence-electron chi connectivity index (χ2n) is 5.50. The maximum absolute atomic E-state index is 11.0. The summed E-state index contributed by atoms with van der Waals surface area (Å²) >= 11 is 0. The van der Waals surface area contributed by atoms with Gasteiger partial charge in [0.25, 0.3) is 0 Å². The average molecular weight is 271 g/mol. The molecule has 1 aliphatic carbocycles. The Kier molecular flexibility index (Phi) is 3.30. The number of phenols is 1. The summed E-state index contributed by atoms with van der Waals surface area (Å²) in [4.78, 5) is 15.6. The summed E-state index contributed by atoms with van der Waals surface area (Å²) in [5, 5.41) is 19.4. The predicted octanol–water partition coefficient (Wildman–Crippen LogP) is 3.30. The smallest absolute Gasteiger partial charge is 0.306 e. The standard InChI is InChI=1S/C16H17NO3/c18-13-6-8-15-12(9-13)5-7-14(17-15)10-1-3-11(4-2-10)16(19)20/h5-11,18H,1-4H2,(H,19,20)/t10-,11-. The number of nitrogens with zero attached hydrogens (tertiary/aromatic N) is 1. The summed E-state index contributed by atoms with van der Waals surface area (Å²) in [7, 11) is 0. The maximum atomic E-state index is 11.0. The zero-order chi connectivity index (χ0) is 14.1. The Hall–Kier alpha value is -2.10. The molecule has 0 unspecified atom stereocenters. The third-order valence-corrected chi connectivity index (χ3v) is 4.19. The molecule has 0 aliphatic heterocycles. The van der Waals surface area contributed by atoms with Gasteiger partial charge in [0.05, 0.1) is 11.4 Å². The molecule has 1 aromatic heterocycles. The fourth-order valence-electron chi connectivity index (χ4n) is 2.99. The lowest BCUT2D eigenvalue weighted by Crippen LogP contribution is -2.20. The number of carboxylic acid groups (broad SMARTS) is 1. The maximum Gasteiger partial charge on any atom is 0.306 e. The topological polar surface area (TPSA) is 70.4 Å². The SMILES string of the molecule is O=C(O)[C@H]1CC[C@H](c2ccc3cc(O)ccc3n2)CC1. The molecule has 2 aromatic rings. The molecule has 4 heteroatoms. The first-order valence-electron chi connectivity index (χ1n) is 6.96. The van der Waals surface area contributed by atoms with Crippen LogP contribution in [0.1, 0.15) is 37.3 Å². The Morgan fingerprint density at radius 3 is 2.55 bits per heavy atom. The Labute approximate surface area is 117 Å². The highest BCUT2D eigenvalue weighted by Gasteiger charge is 2.27. The molecular weight excluding hydrogens is 254 g/mol. The lowest BCUT2D eigenvalue weighted by atomic mass is 9.80. The second-order valence-corrected chi connectivity index (χ2v) is 5.50. The Bertz CT molecular complexity index is 645. The van der Waals surface area contributed by atoms with Gasteiger partial charge in [0.1, 0.15) is 5.75 Å². The number of pyridine rings is 1. The van der Waals surface area contributed by atoms with Gasteiger partial charge in [-0.15, -0.1) is 0 Å². The average Bonchev–Trinajstić information content (AvgIpc) is 2.47. The van der Waals surface area contributed by atoms with Gasteiger partial charge >= 0.3 is 5.97 Å². The molecule has 1 saturated carbocycles. The van der Waals surface area contributed by atoms with Crippen molar-refractivity contribution >= 4 is 16.9 Å². The molecule has 1 heterocycles. The van der Waals surface area contributed by atoms with Crippen molar-refractivity contribution in [3.8, 4) is 5.75 Å².